The van der Waals surface area contributed by atoms with Gasteiger partial charge < -0.3 is 9.84 Å². The quantitative estimate of drug-likeness (QED) is 0.930. The van der Waals surface area contributed by atoms with Crippen molar-refractivity contribution < 1.29 is 19.0 Å². The minimum Gasteiger partial charge on any atom is -0.495 e. The Hall–Kier alpha value is -1.10. The van der Waals surface area contributed by atoms with Gasteiger partial charge in [0, 0.05) is 5.56 Å². The minimum atomic E-state index is -1.03. The third kappa shape index (κ3) is 1.50. The summed E-state index contributed by atoms with van der Waals surface area (Å²) in [5.74, 6) is -1.15. The maximum atomic E-state index is 14.0. The van der Waals surface area contributed by atoms with E-state index in [1.165, 1.54) is 13.2 Å². The van der Waals surface area contributed by atoms with Crippen LogP contribution in [0.2, 0.25) is 0 Å². The Morgan fingerprint density at radius 1 is 1.56 bits per heavy atom. The fourth-order valence-corrected chi connectivity index (χ4v) is 2.29. The second-order valence-corrected chi connectivity index (χ2v) is 4.62. The number of carboxylic acid groups (broad SMARTS) is 1. The molecule has 3 nitrogen and oxygen atoms in total. The lowest BCUT2D eigenvalue weighted by Crippen LogP contribution is -2.21. The Balaban J connectivity index is 2.52. The largest absolute Gasteiger partial charge is 0.495 e. The number of hydrogen-bond donors (Lipinski definition) is 1. The molecule has 1 fully saturated rings. The topological polar surface area (TPSA) is 46.5 Å². The Kier molecular flexibility index (Phi) is 2.66. The Labute approximate surface area is 100 Å². The predicted octanol–water partition coefficient (Wildman–Crippen LogP) is 2.71. The number of carboxylic acids is 1. The monoisotopic (exact) mass is 288 g/mol. The van der Waals surface area contributed by atoms with Crippen molar-refractivity contribution in [3.05, 3.63) is 28.0 Å². The van der Waals surface area contributed by atoms with E-state index in [0.717, 1.165) is 0 Å². The summed E-state index contributed by atoms with van der Waals surface area (Å²) in [5, 5.41) is 9.09. The van der Waals surface area contributed by atoms with Gasteiger partial charge in [0.15, 0.2) is 0 Å². The second-order valence-electron chi connectivity index (χ2n) is 3.83. The molecule has 1 saturated carbocycles. The molecule has 0 amide bonds. The van der Waals surface area contributed by atoms with Crippen molar-refractivity contribution in [2.75, 3.05) is 7.11 Å². The van der Waals surface area contributed by atoms with Gasteiger partial charge in [-0.15, -0.1) is 0 Å². The van der Waals surface area contributed by atoms with Crippen molar-refractivity contribution in [2.24, 2.45) is 0 Å². The lowest BCUT2D eigenvalue weighted by Gasteiger charge is -2.13. The van der Waals surface area contributed by atoms with Crippen LogP contribution >= 0.6 is 15.9 Å². The van der Waals surface area contributed by atoms with Crippen molar-refractivity contribution in [3.8, 4) is 5.75 Å². The molecule has 1 N–H and O–H groups in total. The maximum Gasteiger partial charge on any atom is 0.314 e. The average Bonchev–Trinajstić information content (AvgIpc) is 3.03. The van der Waals surface area contributed by atoms with Crippen molar-refractivity contribution in [2.45, 2.75) is 18.3 Å². The van der Waals surface area contributed by atoms with Gasteiger partial charge in [0.25, 0.3) is 0 Å². The van der Waals surface area contributed by atoms with Crippen LogP contribution in [0.5, 0.6) is 5.75 Å². The summed E-state index contributed by atoms with van der Waals surface area (Å²) in [6.07, 6.45) is 0.968. The molecule has 2 rings (SSSR count). The van der Waals surface area contributed by atoms with E-state index in [2.05, 4.69) is 15.9 Å². The summed E-state index contributed by atoms with van der Waals surface area (Å²) in [6, 6.07) is 3.06. The zero-order valence-corrected chi connectivity index (χ0v) is 10.2. The highest BCUT2D eigenvalue weighted by molar-refractivity contribution is 9.10. The van der Waals surface area contributed by atoms with Gasteiger partial charge >= 0.3 is 5.97 Å². The van der Waals surface area contributed by atoms with Gasteiger partial charge in [0.1, 0.15) is 11.6 Å². The van der Waals surface area contributed by atoms with E-state index in [9.17, 15) is 9.18 Å². The molecule has 0 spiro atoms. The summed E-state index contributed by atoms with van der Waals surface area (Å²) >= 11 is 3.07. The van der Waals surface area contributed by atoms with Crippen LogP contribution in [0.1, 0.15) is 18.4 Å². The van der Waals surface area contributed by atoms with E-state index in [1.807, 2.05) is 0 Å². The molecule has 0 aliphatic heterocycles. The van der Waals surface area contributed by atoms with Gasteiger partial charge in [-0.1, -0.05) is 6.07 Å². The molecule has 0 bridgehead atoms. The number of halogens is 2. The lowest BCUT2D eigenvalue weighted by atomic mass is 9.95. The van der Waals surface area contributed by atoms with Crippen molar-refractivity contribution in [3.63, 3.8) is 0 Å². The molecule has 0 aromatic heterocycles. The molecule has 0 atom stereocenters. The predicted molar refractivity (Wildman–Crippen MR) is 59.2 cm³/mol. The summed E-state index contributed by atoms with van der Waals surface area (Å²) in [5.41, 5.74) is -0.800. The molecule has 0 unspecified atom stereocenters. The number of ether oxygens (including phenoxy) is 1. The average molecular weight is 289 g/mol. The third-order valence-corrected chi connectivity index (χ3v) is 3.68. The highest BCUT2D eigenvalue weighted by Gasteiger charge is 2.53. The van der Waals surface area contributed by atoms with E-state index in [0.29, 0.717) is 18.6 Å². The number of rotatable bonds is 3. The van der Waals surface area contributed by atoms with Crippen LogP contribution in [-0.2, 0) is 10.2 Å². The zero-order chi connectivity index (χ0) is 11.9. The van der Waals surface area contributed by atoms with Crippen molar-refractivity contribution >= 4 is 21.9 Å². The van der Waals surface area contributed by atoms with E-state index in [4.69, 9.17) is 9.84 Å². The van der Waals surface area contributed by atoms with Gasteiger partial charge in [-0.05, 0) is 34.8 Å². The normalized spacial score (nSPS) is 16.9. The fraction of sp³-hybridized carbons (Fsp3) is 0.364. The molecule has 0 heterocycles. The molecule has 1 aliphatic carbocycles. The standard InChI is InChI=1S/C11H10BrFO3/c1-16-7-3-2-6(9(13)8(7)12)11(4-5-11)10(14)15/h2-3H,4-5H2,1H3,(H,14,15). The maximum absolute atomic E-state index is 14.0. The molecule has 1 aromatic rings. The first-order chi connectivity index (χ1) is 7.53. The number of methoxy groups -OCH3 is 1. The highest BCUT2D eigenvalue weighted by atomic mass is 79.9. The van der Waals surface area contributed by atoms with Crippen LogP contribution in [0.3, 0.4) is 0 Å². The molecular weight excluding hydrogens is 279 g/mol. The lowest BCUT2D eigenvalue weighted by molar-refractivity contribution is -0.140. The van der Waals surface area contributed by atoms with Crippen LogP contribution in [0.15, 0.2) is 16.6 Å². The molecule has 5 heteroatoms. The van der Waals surface area contributed by atoms with E-state index in [-0.39, 0.29) is 10.0 Å². The summed E-state index contributed by atoms with van der Waals surface area (Å²) in [7, 11) is 1.43. The van der Waals surface area contributed by atoms with Crippen LogP contribution in [0.25, 0.3) is 0 Å². The molecule has 0 radical (unpaired) electrons. The van der Waals surface area contributed by atoms with Crippen LogP contribution in [0.4, 0.5) is 4.39 Å². The number of hydrogen-bond acceptors (Lipinski definition) is 2. The zero-order valence-electron chi connectivity index (χ0n) is 8.59. The first-order valence-corrected chi connectivity index (χ1v) is 5.58. The van der Waals surface area contributed by atoms with Crippen LogP contribution in [0, 0.1) is 5.82 Å². The molecule has 1 aromatic carbocycles. The molecular formula is C11H10BrFO3. The third-order valence-electron chi connectivity index (χ3n) is 2.94. The number of aliphatic carboxylic acids is 1. The van der Waals surface area contributed by atoms with Gasteiger partial charge in [-0.2, -0.15) is 0 Å². The Morgan fingerprint density at radius 3 is 2.62 bits per heavy atom. The van der Waals surface area contributed by atoms with E-state index >= 15 is 0 Å². The van der Waals surface area contributed by atoms with Crippen LogP contribution in [-0.4, -0.2) is 18.2 Å². The number of benzene rings is 1. The SMILES string of the molecule is COc1ccc(C2(C(=O)O)CC2)c(F)c1Br. The summed E-state index contributed by atoms with van der Waals surface area (Å²) in [4.78, 5) is 11.1. The van der Waals surface area contributed by atoms with E-state index in [1.54, 1.807) is 6.07 Å². The molecule has 1 aliphatic rings. The van der Waals surface area contributed by atoms with Crippen molar-refractivity contribution in [1.29, 1.82) is 0 Å². The molecule has 16 heavy (non-hydrogen) atoms. The summed E-state index contributed by atoms with van der Waals surface area (Å²) in [6.45, 7) is 0. The van der Waals surface area contributed by atoms with Gasteiger partial charge in [-0.25, -0.2) is 4.39 Å². The van der Waals surface area contributed by atoms with Gasteiger partial charge in [0.05, 0.1) is 17.0 Å². The Bertz CT molecular complexity index is 455. The molecule has 86 valence electrons. The number of carbonyl (C=O) groups is 1. The Morgan fingerprint density at radius 2 is 2.19 bits per heavy atom. The second kappa shape index (κ2) is 3.73. The fourth-order valence-electron chi connectivity index (χ4n) is 1.78. The minimum absolute atomic E-state index is 0.181. The van der Waals surface area contributed by atoms with Crippen molar-refractivity contribution in [1.82, 2.24) is 0 Å². The van der Waals surface area contributed by atoms with Crippen LogP contribution < -0.4 is 4.74 Å². The first kappa shape index (κ1) is 11.4. The van der Waals surface area contributed by atoms with Gasteiger partial charge in [-0.3, -0.25) is 4.79 Å². The first-order valence-electron chi connectivity index (χ1n) is 4.79. The van der Waals surface area contributed by atoms with E-state index < -0.39 is 17.2 Å². The molecule has 0 saturated heterocycles. The smallest absolute Gasteiger partial charge is 0.314 e. The summed E-state index contributed by atoms with van der Waals surface area (Å²) < 4.78 is 19.1. The highest BCUT2D eigenvalue weighted by Crippen LogP contribution is 2.50. The van der Waals surface area contributed by atoms with Gasteiger partial charge in [0.2, 0.25) is 0 Å².